The molecule has 2 aromatic rings. The molecule has 0 fully saturated rings. The molecule has 0 saturated carbocycles. The summed E-state index contributed by atoms with van der Waals surface area (Å²) < 4.78 is 31.7. The molecule has 8 heteroatoms. The lowest BCUT2D eigenvalue weighted by molar-refractivity contribution is 0.415. The Kier molecular flexibility index (Phi) is 4.37. The van der Waals surface area contributed by atoms with E-state index in [2.05, 4.69) is 9.71 Å². The molecule has 1 aromatic carbocycles. The van der Waals surface area contributed by atoms with Crippen molar-refractivity contribution in [3.05, 3.63) is 46.7 Å². The number of ether oxygens (including phenoxy) is 1. The molecule has 5 nitrogen and oxygen atoms in total. The molecule has 0 atom stereocenters. The number of nitrogens with one attached hydrogen (secondary N) is 1. The van der Waals surface area contributed by atoms with Gasteiger partial charge in [-0.2, -0.15) is 0 Å². The zero-order valence-corrected chi connectivity index (χ0v) is 12.6. The number of sulfonamides is 1. The maximum absolute atomic E-state index is 12.2. The fourth-order valence-corrected chi connectivity index (χ4v) is 2.78. The predicted octanol–water partition coefficient (Wildman–Crippen LogP) is 3.20. The lowest BCUT2D eigenvalue weighted by Gasteiger charge is -2.10. The van der Waals surface area contributed by atoms with Gasteiger partial charge in [0.15, 0.2) is 0 Å². The highest BCUT2D eigenvalue weighted by molar-refractivity contribution is 7.92. The van der Waals surface area contributed by atoms with Crippen molar-refractivity contribution in [3.8, 4) is 5.75 Å². The highest BCUT2D eigenvalue weighted by atomic mass is 35.5. The van der Waals surface area contributed by atoms with Crippen molar-refractivity contribution in [2.45, 2.75) is 4.90 Å². The third kappa shape index (κ3) is 3.33. The molecular weight excluding hydrogens is 323 g/mol. The van der Waals surface area contributed by atoms with Gasteiger partial charge in [-0.1, -0.05) is 23.2 Å². The van der Waals surface area contributed by atoms with Crippen LogP contribution in [-0.4, -0.2) is 20.5 Å². The fraction of sp³-hybridized carbons (Fsp3) is 0.0833. The minimum Gasteiger partial charge on any atom is -0.497 e. The van der Waals surface area contributed by atoms with Gasteiger partial charge in [-0.05, 0) is 24.3 Å². The van der Waals surface area contributed by atoms with Gasteiger partial charge in [0.25, 0.3) is 10.0 Å². The number of hydrogen-bond donors (Lipinski definition) is 1. The van der Waals surface area contributed by atoms with Gasteiger partial charge in [0.2, 0.25) is 0 Å². The number of benzene rings is 1. The van der Waals surface area contributed by atoms with E-state index >= 15 is 0 Å². The molecule has 0 bridgehead atoms. The Balaban J connectivity index is 2.35. The van der Waals surface area contributed by atoms with Gasteiger partial charge < -0.3 is 4.74 Å². The van der Waals surface area contributed by atoms with Gasteiger partial charge in [0.05, 0.1) is 17.8 Å². The molecule has 0 aliphatic heterocycles. The first-order chi connectivity index (χ1) is 9.42. The molecule has 106 valence electrons. The molecule has 1 heterocycles. The molecule has 0 unspecified atom stereocenters. The number of hydrogen-bond acceptors (Lipinski definition) is 4. The highest BCUT2D eigenvalue weighted by Crippen LogP contribution is 2.28. The molecule has 0 radical (unpaired) electrons. The van der Waals surface area contributed by atoms with Crippen LogP contribution in [0.5, 0.6) is 5.75 Å². The summed E-state index contributed by atoms with van der Waals surface area (Å²) in [6, 6.07) is 7.40. The standard InChI is InChI=1S/C12H10Cl2N2O3S/c1-19-8-2-4-10(13)11(6-8)16-20(17,18)9-3-5-12(14)15-7-9/h2-7,16H,1H3. The number of pyridine rings is 1. The Morgan fingerprint density at radius 2 is 1.95 bits per heavy atom. The number of anilines is 1. The van der Waals surface area contributed by atoms with E-state index in [4.69, 9.17) is 27.9 Å². The minimum atomic E-state index is -3.79. The first-order valence-corrected chi connectivity index (χ1v) is 7.64. The summed E-state index contributed by atoms with van der Waals surface area (Å²) in [7, 11) is -2.31. The van der Waals surface area contributed by atoms with Gasteiger partial charge in [0, 0.05) is 12.3 Å². The molecule has 0 aliphatic rings. The van der Waals surface area contributed by atoms with Crippen LogP contribution in [0.2, 0.25) is 10.2 Å². The average Bonchev–Trinajstić information content (AvgIpc) is 2.41. The third-order valence-corrected chi connectivity index (χ3v) is 4.33. The Morgan fingerprint density at radius 1 is 1.20 bits per heavy atom. The van der Waals surface area contributed by atoms with E-state index in [9.17, 15) is 8.42 Å². The van der Waals surface area contributed by atoms with E-state index in [0.29, 0.717) is 5.75 Å². The zero-order chi connectivity index (χ0) is 14.8. The molecule has 0 spiro atoms. The van der Waals surface area contributed by atoms with Crippen LogP contribution in [-0.2, 0) is 10.0 Å². The van der Waals surface area contributed by atoms with E-state index in [1.54, 1.807) is 12.1 Å². The summed E-state index contributed by atoms with van der Waals surface area (Å²) in [5, 5.41) is 0.472. The predicted molar refractivity (Wildman–Crippen MR) is 78.1 cm³/mol. The highest BCUT2D eigenvalue weighted by Gasteiger charge is 2.16. The van der Waals surface area contributed by atoms with E-state index in [1.807, 2.05) is 0 Å². The van der Waals surface area contributed by atoms with E-state index in [-0.39, 0.29) is 20.8 Å². The lowest BCUT2D eigenvalue weighted by Crippen LogP contribution is -2.13. The van der Waals surface area contributed by atoms with Crippen LogP contribution in [0.15, 0.2) is 41.4 Å². The van der Waals surface area contributed by atoms with Crippen LogP contribution in [0, 0.1) is 0 Å². The minimum absolute atomic E-state index is 0.0132. The number of rotatable bonds is 4. The van der Waals surface area contributed by atoms with Crippen molar-refractivity contribution >= 4 is 38.9 Å². The fourth-order valence-electron chi connectivity index (χ4n) is 1.43. The summed E-state index contributed by atoms with van der Waals surface area (Å²) in [5.74, 6) is 0.487. The van der Waals surface area contributed by atoms with Crippen molar-refractivity contribution in [2.75, 3.05) is 11.8 Å². The quantitative estimate of drug-likeness (QED) is 0.873. The van der Waals surface area contributed by atoms with Gasteiger partial charge >= 0.3 is 0 Å². The Hall–Kier alpha value is -1.50. The SMILES string of the molecule is COc1ccc(Cl)c(NS(=O)(=O)c2ccc(Cl)nc2)c1. The summed E-state index contributed by atoms with van der Waals surface area (Å²) in [6.07, 6.45) is 1.17. The summed E-state index contributed by atoms with van der Waals surface area (Å²) >= 11 is 11.6. The normalized spacial score (nSPS) is 11.2. The van der Waals surface area contributed by atoms with Crippen molar-refractivity contribution in [1.29, 1.82) is 0 Å². The molecule has 1 N–H and O–H groups in total. The maximum Gasteiger partial charge on any atom is 0.263 e. The van der Waals surface area contributed by atoms with Gasteiger partial charge in [0.1, 0.15) is 15.8 Å². The van der Waals surface area contributed by atoms with Crippen LogP contribution in [0.25, 0.3) is 0 Å². The van der Waals surface area contributed by atoms with Gasteiger partial charge in [-0.15, -0.1) is 0 Å². The molecule has 0 aliphatic carbocycles. The van der Waals surface area contributed by atoms with Crippen molar-refractivity contribution in [3.63, 3.8) is 0 Å². The van der Waals surface area contributed by atoms with E-state index in [0.717, 1.165) is 0 Å². The topological polar surface area (TPSA) is 68.3 Å². The monoisotopic (exact) mass is 332 g/mol. The average molecular weight is 333 g/mol. The Labute approximate surface area is 126 Å². The first kappa shape index (κ1) is 14.9. The summed E-state index contributed by atoms with van der Waals surface area (Å²) in [6.45, 7) is 0. The van der Waals surface area contributed by atoms with Gasteiger partial charge in [-0.3, -0.25) is 4.72 Å². The van der Waals surface area contributed by atoms with E-state index < -0.39 is 10.0 Å². The number of nitrogens with zero attached hydrogens (tertiary/aromatic N) is 1. The van der Waals surface area contributed by atoms with Gasteiger partial charge in [-0.25, -0.2) is 13.4 Å². The third-order valence-electron chi connectivity index (χ3n) is 2.43. The molecule has 2 rings (SSSR count). The van der Waals surface area contributed by atoms with E-state index in [1.165, 1.54) is 31.5 Å². The van der Waals surface area contributed by atoms with Crippen LogP contribution < -0.4 is 9.46 Å². The number of methoxy groups -OCH3 is 1. The smallest absolute Gasteiger partial charge is 0.263 e. The maximum atomic E-state index is 12.2. The van der Waals surface area contributed by atoms with Crippen LogP contribution >= 0.6 is 23.2 Å². The van der Waals surface area contributed by atoms with Crippen molar-refractivity contribution < 1.29 is 13.2 Å². The molecule has 20 heavy (non-hydrogen) atoms. The number of halogens is 2. The molecule has 0 amide bonds. The molecule has 1 aromatic heterocycles. The van der Waals surface area contributed by atoms with Crippen molar-refractivity contribution in [2.24, 2.45) is 0 Å². The Morgan fingerprint density at radius 3 is 2.55 bits per heavy atom. The number of aromatic nitrogens is 1. The summed E-state index contributed by atoms with van der Waals surface area (Å²) in [5.41, 5.74) is 0.223. The lowest BCUT2D eigenvalue weighted by atomic mass is 10.3. The van der Waals surface area contributed by atoms with Crippen LogP contribution in [0.1, 0.15) is 0 Å². The molecular formula is C12H10Cl2N2O3S. The largest absolute Gasteiger partial charge is 0.497 e. The Bertz CT molecular complexity index is 718. The van der Waals surface area contributed by atoms with Crippen molar-refractivity contribution in [1.82, 2.24) is 4.98 Å². The zero-order valence-electron chi connectivity index (χ0n) is 10.3. The second kappa shape index (κ2) is 5.87. The second-order valence-electron chi connectivity index (χ2n) is 3.77. The molecule has 0 saturated heterocycles. The first-order valence-electron chi connectivity index (χ1n) is 5.40. The van der Waals surface area contributed by atoms with Crippen LogP contribution in [0.3, 0.4) is 0 Å². The summed E-state index contributed by atoms with van der Waals surface area (Å²) in [4.78, 5) is 3.72. The van der Waals surface area contributed by atoms with Crippen LogP contribution in [0.4, 0.5) is 5.69 Å². The second-order valence-corrected chi connectivity index (χ2v) is 6.24.